The maximum absolute atomic E-state index is 13.7. The van der Waals surface area contributed by atoms with Crippen LogP contribution in [-0.2, 0) is 14.8 Å². The number of piperidine rings is 3. The first-order valence-corrected chi connectivity index (χ1v) is 12.0. The van der Waals surface area contributed by atoms with Crippen LogP contribution in [0.1, 0.15) is 37.7 Å². The second-order valence-corrected chi connectivity index (χ2v) is 10.4. The molecule has 0 aliphatic carbocycles. The monoisotopic (exact) mass is 429 g/mol. The van der Waals surface area contributed by atoms with Gasteiger partial charge in [-0.1, -0.05) is 18.2 Å². The number of aliphatic carboxylic acids is 1. The van der Waals surface area contributed by atoms with Gasteiger partial charge in [-0.05, 0) is 68.8 Å². The van der Waals surface area contributed by atoms with Crippen molar-refractivity contribution in [1.82, 2.24) is 9.21 Å². The first-order chi connectivity index (χ1) is 14.4. The summed E-state index contributed by atoms with van der Waals surface area (Å²) < 4.78 is 28.9. The molecule has 4 atom stereocenters. The number of nitrogens with zero attached hydrogens (tertiary/aromatic N) is 3. The van der Waals surface area contributed by atoms with Crippen molar-refractivity contribution < 1.29 is 18.3 Å². The predicted octanol–water partition coefficient (Wildman–Crippen LogP) is 2.45. The van der Waals surface area contributed by atoms with Gasteiger partial charge in [0.2, 0.25) is 10.0 Å². The van der Waals surface area contributed by atoms with Crippen molar-refractivity contribution >= 4 is 16.0 Å². The van der Waals surface area contributed by atoms with Crippen LogP contribution < -0.4 is 0 Å². The maximum atomic E-state index is 13.7. The van der Waals surface area contributed by atoms with Crippen molar-refractivity contribution in [1.29, 1.82) is 5.26 Å². The number of carboxylic acid groups (broad SMARTS) is 1. The first kappa shape index (κ1) is 21.0. The lowest BCUT2D eigenvalue weighted by Gasteiger charge is -2.56. The molecule has 1 N–H and O–H groups in total. The van der Waals surface area contributed by atoms with E-state index in [0.29, 0.717) is 18.2 Å². The van der Waals surface area contributed by atoms with Crippen LogP contribution in [0.15, 0.2) is 41.3 Å². The lowest BCUT2D eigenvalue weighted by molar-refractivity contribution is -0.136. The quantitative estimate of drug-likeness (QED) is 0.722. The Kier molecular flexibility index (Phi) is 5.96. The minimum atomic E-state index is -3.82. The average molecular weight is 430 g/mol. The van der Waals surface area contributed by atoms with Crippen LogP contribution in [0, 0.1) is 23.2 Å². The van der Waals surface area contributed by atoms with Crippen molar-refractivity contribution in [2.45, 2.75) is 49.1 Å². The normalized spacial score (nSPS) is 30.0. The van der Waals surface area contributed by atoms with Crippen molar-refractivity contribution in [3.8, 4) is 6.07 Å². The zero-order valence-corrected chi connectivity index (χ0v) is 17.7. The number of rotatable bonds is 5. The second kappa shape index (κ2) is 8.50. The number of hydrogen-bond acceptors (Lipinski definition) is 5. The summed E-state index contributed by atoms with van der Waals surface area (Å²) in [6.07, 6.45) is 7.29. The Morgan fingerprint density at radius 1 is 1.27 bits per heavy atom. The Morgan fingerprint density at radius 2 is 2.03 bits per heavy atom. The van der Waals surface area contributed by atoms with E-state index in [1.54, 1.807) is 28.6 Å². The Bertz CT molecular complexity index is 982. The minimum Gasteiger partial charge on any atom is -0.481 e. The van der Waals surface area contributed by atoms with E-state index in [2.05, 4.69) is 4.90 Å². The molecule has 1 aromatic carbocycles. The summed E-state index contributed by atoms with van der Waals surface area (Å²) in [5, 5.41) is 18.2. The molecule has 0 bridgehead atoms. The Morgan fingerprint density at radius 3 is 2.77 bits per heavy atom. The standard InChI is InChI=1S/C22H27N3O4S/c23-14-16-5-1-7-18(13-16)30(28,29)25-15-17-6-3-11-24-12-4-8-19(22(17)24)20(25)9-2-10-21(26)27/h1-2,5,7,9,13,17,19-20,22H,3-4,6,8,10-12,15H2,(H,26,27)/b9-2+/t17-,19+,20+,22-/m0/s1. The van der Waals surface area contributed by atoms with Crippen molar-refractivity contribution in [2.24, 2.45) is 11.8 Å². The van der Waals surface area contributed by atoms with Gasteiger partial charge >= 0.3 is 5.97 Å². The highest BCUT2D eigenvalue weighted by Crippen LogP contribution is 2.44. The molecule has 8 heteroatoms. The number of hydrogen-bond donors (Lipinski definition) is 1. The van der Waals surface area contributed by atoms with Crippen LogP contribution in [0.25, 0.3) is 0 Å². The number of carboxylic acids is 1. The molecule has 3 aliphatic heterocycles. The van der Waals surface area contributed by atoms with Gasteiger partial charge in [-0.2, -0.15) is 9.57 Å². The third-order valence-electron chi connectivity index (χ3n) is 6.73. The van der Waals surface area contributed by atoms with Gasteiger partial charge in [-0.3, -0.25) is 9.69 Å². The molecule has 1 aromatic rings. The van der Waals surface area contributed by atoms with Crippen LogP contribution >= 0.6 is 0 Å². The molecule has 0 saturated carbocycles. The van der Waals surface area contributed by atoms with Crippen molar-refractivity contribution in [3.05, 3.63) is 42.0 Å². The molecule has 0 aromatic heterocycles. The summed E-state index contributed by atoms with van der Waals surface area (Å²) in [5.41, 5.74) is 0.311. The Balaban J connectivity index is 1.74. The van der Waals surface area contributed by atoms with E-state index in [1.807, 2.05) is 6.07 Å². The maximum Gasteiger partial charge on any atom is 0.307 e. The molecule has 3 fully saturated rings. The molecule has 160 valence electrons. The topological polar surface area (TPSA) is 102 Å². The minimum absolute atomic E-state index is 0.125. The summed E-state index contributed by atoms with van der Waals surface area (Å²) >= 11 is 0. The largest absolute Gasteiger partial charge is 0.481 e. The highest BCUT2D eigenvalue weighted by Gasteiger charge is 2.50. The van der Waals surface area contributed by atoms with Gasteiger partial charge in [0.25, 0.3) is 0 Å². The number of benzene rings is 1. The molecular weight excluding hydrogens is 402 g/mol. The summed E-state index contributed by atoms with van der Waals surface area (Å²) in [5.74, 6) is -0.502. The summed E-state index contributed by atoms with van der Waals surface area (Å²) in [7, 11) is -3.82. The van der Waals surface area contributed by atoms with Crippen molar-refractivity contribution in [3.63, 3.8) is 0 Å². The molecule has 0 spiro atoms. The van der Waals surface area contributed by atoms with Gasteiger partial charge in [0, 0.05) is 18.6 Å². The fourth-order valence-electron chi connectivity index (χ4n) is 5.56. The van der Waals surface area contributed by atoms with Gasteiger partial charge in [0.1, 0.15) is 0 Å². The van der Waals surface area contributed by atoms with Crippen LogP contribution in [0.5, 0.6) is 0 Å². The average Bonchev–Trinajstić information content (AvgIpc) is 2.75. The molecular formula is C22H27N3O4S. The molecule has 3 heterocycles. The SMILES string of the molecule is N#Cc1cccc(S(=O)(=O)N2C[C@@H]3CCCN4CCC[C@@H]([C@H]34)[C@H]2/C=C/CC(=O)O)c1. The Hall–Kier alpha value is -2.21. The lowest BCUT2D eigenvalue weighted by Crippen LogP contribution is -2.65. The van der Waals surface area contributed by atoms with Gasteiger partial charge in [-0.25, -0.2) is 8.42 Å². The van der Waals surface area contributed by atoms with Crippen LogP contribution in [0.2, 0.25) is 0 Å². The lowest BCUT2D eigenvalue weighted by atomic mass is 9.70. The third-order valence-corrected chi connectivity index (χ3v) is 8.59. The summed E-state index contributed by atoms with van der Waals surface area (Å²) in [6, 6.07) is 8.14. The molecule has 4 rings (SSSR count). The van der Waals surface area contributed by atoms with Gasteiger partial charge in [0.05, 0.1) is 22.9 Å². The van der Waals surface area contributed by atoms with Gasteiger partial charge in [0.15, 0.2) is 0 Å². The fraction of sp³-hybridized carbons (Fsp3) is 0.545. The molecule has 0 radical (unpaired) electrons. The van der Waals surface area contributed by atoms with E-state index >= 15 is 0 Å². The van der Waals surface area contributed by atoms with Gasteiger partial charge < -0.3 is 5.11 Å². The van der Waals surface area contributed by atoms with E-state index < -0.39 is 16.0 Å². The predicted molar refractivity (Wildman–Crippen MR) is 111 cm³/mol. The van der Waals surface area contributed by atoms with E-state index in [4.69, 9.17) is 5.11 Å². The summed E-state index contributed by atoms with van der Waals surface area (Å²) in [4.78, 5) is 13.7. The number of nitriles is 1. The molecule has 0 amide bonds. The van der Waals surface area contributed by atoms with E-state index in [9.17, 15) is 18.5 Å². The van der Waals surface area contributed by atoms with Crippen LogP contribution in [-0.4, -0.2) is 60.4 Å². The zero-order chi connectivity index (χ0) is 21.3. The molecule has 3 saturated heterocycles. The third kappa shape index (κ3) is 3.89. The highest BCUT2D eigenvalue weighted by molar-refractivity contribution is 7.89. The van der Waals surface area contributed by atoms with Crippen LogP contribution in [0.3, 0.4) is 0 Å². The fourth-order valence-corrected chi connectivity index (χ4v) is 7.29. The summed E-state index contributed by atoms with van der Waals surface area (Å²) in [6.45, 7) is 2.54. The number of carbonyl (C=O) groups is 1. The van der Waals surface area contributed by atoms with Crippen LogP contribution in [0.4, 0.5) is 0 Å². The van der Waals surface area contributed by atoms with E-state index in [0.717, 1.165) is 38.8 Å². The first-order valence-electron chi connectivity index (χ1n) is 10.6. The molecule has 0 unspecified atom stereocenters. The van der Waals surface area contributed by atoms with E-state index in [-0.39, 0.29) is 29.2 Å². The highest BCUT2D eigenvalue weighted by atomic mass is 32.2. The smallest absolute Gasteiger partial charge is 0.307 e. The number of sulfonamides is 1. The molecule has 3 aliphatic rings. The zero-order valence-electron chi connectivity index (χ0n) is 16.9. The van der Waals surface area contributed by atoms with E-state index in [1.165, 1.54) is 12.1 Å². The molecule has 30 heavy (non-hydrogen) atoms. The molecule has 7 nitrogen and oxygen atoms in total. The van der Waals surface area contributed by atoms with Gasteiger partial charge in [-0.15, -0.1) is 0 Å². The second-order valence-electron chi connectivity index (χ2n) is 8.47. The Labute approximate surface area is 177 Å². The van der Waals surface area contributed by atoms with Crippen molar-refractivity contribution in [2.75, 3.05) is 19.6 Å².